The third-order valence-corrected chi connectivity index (χ3v) is 5.57. The first-order valence-electron chi connectivity index (χ1n) is 10.9. The summed E-state index contributed by atoms with van der Waals surface area (Å²) in [5.41, 5.74) is 2.50. The van der Waals surface area contributed by atoms with Gasteiger partial charge in [0.25, 0.3) is 5.91 Å². The SMILES string of the molecule is COc1ccc(OCCCCn2c(CNC(=O)c3cccc(Cl)c3)nc3ccccc32)cc1. The predicted octanol–water partition coefficient (Wildman–Crippen LogP) is 5.49. The third-order valence-electron chi connectivity index (χ3n) is 5.33. The molecule has 1 amide bonds. The maximum atomic E-state index is 12.5. The van der Waals surface area contributed by atoms with Gasteiger partial charge in [0.2, 0.25) is 0 Å². The molecule has 0 spiro atoms. The summed E-state index contributed by atoms with van der Waals surface area (Å²) in [6.07, 6.45) is 1.82. The number of benzene rings is 3. The molecule has 0 aliphatic rings. The molecule has 1 heterocycles. The van der Waals surface area contributed by atoms with Crippen molar-refractivity contribution in [2.75, 3.05) is 13.7 Å². The van der Waals surface area contributed by atoms with Crippen molar-refractivity contribution >= 4 is 28.5 Å². The highest BCUT2D eigenvalue weighted by Crippen LogP contribution is 2.19. The highest BCUT2D eigenvalue weighted by molar-refractivity contribution is 6.30. The molecule has 33 heavy (non-hydrogen) atoms. The van der Waals surface area contributed by atoms with Gasteiger partial charge in [0, 0.05) is 17.1 Å². The maximum Gasteiger partial charge on any atom is 0.251 e. The van der Waals surface area contributed by atoms with E-state index in [1.54, 1.807) is 31.4 Å². The molecule has 0 fully saturated rings. The molecule has 0 bridgehead atoms. The Morgan fingerprint density at radius 2 is 1.79 bits per heavy atom. The van der Waals surface area contributed by atoms with Crippen LogP contribution in [0.3, 0.4) is 0 Å². The summed E-state index contributed by atoms with van der Waals surface area (Å²) >= 11 is 6.01. The molecular formula is C26H26ClN3O3. The van der Waals surface area contributed by atoms with Crippen molar-refractivity contribution in [2.45, 2.75) is 25.9 Å². The van der Waals surface area contributed by atoms with Crippen LogP contribution < -0.4 is 14.8 Å². The van der Waals surface area contributed by atoms with Crippen LogP contribution in [0.5, 0.6) is 11.5 Å². The van der Waals surface area contributed by atoms with E-state index in [0.717, 1.165) is 47.7 Å². The van der Waals surface area contributed by atoms with Crippen molar-refractivity contribution in [3.63, 3.8) is 0 Å². The van der Waals surface area contributed by atoms with Crippen molar-refractivity contribution in [2.24, 2.45) is 0 Å². The molecule has 6 nitrogen and oxygen atoms in total. The van der Waals surface area contributed by atoms with E-state index in [9.17, 15) is 4.79 Å². The number of nitrogens with one attached hydrogen (secondary N) is 1. The standard InChI is InChI=1S/C26H26ClN3O3/c1-32-21-11-13-22(14-12-21)33-16-5-4-15-30-24-10-3-2-9-23(24)29-25(30)18-28-26(31)19-7-6-8-20(27)17-19/h2-3,6-14,17H,4-5,15-16,18H2,1H3,(H,28,31). The molecule has 0 aliphatic carbocycles. The summed E-state index contributed by atoms with van der Waals surface area (Å²) in [4.78, 5) is 17.3. The summed E-state index contributed by atoms with van der Waals surface area (Å²) in [6.45, 7) is 1.75. The number of rotatable bonds is 10. The van der Waals surface area contributed by atoms with Gasteiger partial charge in [0.05, 0.1) is 31.3 Å². The zero-order valence-corrected chi connectivity index (χ0v) is 19.2. The zero-order chi connectivity index (χ0) is 23.0. The number of hydrogen-bond acceptors (Lipinski definition) is 4. The summed E-state index contributed by atoms with van der Waals surface area (Å²) < 4.78 is 13.2. The van der Waals surface area contributed by atoms with Crippen LogP contribution in [0.1, 0.15) is 29.0 Å². The van der Waals surface area contributed by atoms with Crippen LogP contribution in [0, 0.1) is 0 Å². The van der Waals surface area contributed by atoms with Gasteiger partial charge in [-0.05, 0) is 67.4 Å². The van der Waals surface area contributed by atoms with Gasteiger partial charge in [-0.15, -0.1) is 0 Å². The Labute approximate surface area is 198 Å². The average molecular weight is 464 g/mol. The van der Waals surface area contributed by atoms with Gasteiger partial charge in [0.15, 0.2) is 0 Å². The van der Waals surface area contributed by atoms with Gasteiger partial charge in [-0.3, -0.25) is 4.79 Å². The van der Waals surface area contributed by atoms with E-state index in [4.69, 9.17) is 26.1 Å². The van der Waals surface area contributed by atoms with E-state index in [1.807, 2.05) is 42.5 Å². The molecular weight excluding hydrogens is 438 g/mol. The number of fused-ring (bicyclic) bond motifs is 1. The molecule has 4 rings (SSSR count). The Morgan fingerprint density at radius 3 is 2.58 bits per heavy atom. The summed E-state index contributed by atoms with van der Waals surface area (Å²) in [6, 6.07) is 22.5. The van der Waals surface area contributed by atoms with Gasteiger partial charge in [-0.2, -0.15) is 0 Å². The number of methoxy groups -OCH3 is 1. The van der Waals surface area contributed by atoms with Crippen molar-refractivity contribution in [3.8, 4) is 11.5 Å². The molecule has 7 heteroatoms. The van der Waals surface area contributed by atoms with Crippen molar-refractivity contribution in [1.29, 1.82) is 0 Å². The summed E-state index contributed by atoms with van der Waals surface area (Å²) in [5.74, 6) is 2.28. The number of carbonyl (C=O) groups excluding carboxylic acids is 1. The van der Waals surface area contributed by atoms with Crippen molar-refractivity contribution < 1.29 is 14.3 Å². The molecule has 0 atom stereocenters. The number of carbonyl (C=O) groups is 1. The normalized spacial score (nSPS) is 10.8. The number of para-hydroxylation sites is 2. The third kappa shape index (κ3) is 5.84. The number of hydrogen-bond donors (Lipinski definition) is 1. The zero-order valence-electron chi connectivity index (χ0n) is 18.5. The van der Waals surface area contributed by atoms with E-state index < -0.39 is 0 Å². The van der Waals surface area contributed by atoms with Crippen LogP contribution in [-0.2, 0) is 13.1 Å². The molecule has 170 valence electrons. The molecule has 1 aromatic heterocycles. The van der Waals surface area contributed by atoms with Gasteiger partial charge >= 0.3 is 0 Å². The molecule has 4 aromatic rings. The highest BCUT2D eigenvalue weighted by atomic mass is 35.5. The first kappa shape index (κ1) is 22.7. The largest absolute Gasteiger partial charge is 0.497 e. The van der Waals surface area contributed by atoms with E-state index in [1.165, 1.54) is 0 Å². The van der Waals surface area contributed by atoms with Crippen molar-refractivity contribution in [3.05, 3.63) is 89.2 Å². The van der Waals surface area contributed by atoms with Crippen LogP contribution in [0.25, 0.3) is 11.0 Å². The molecule has 0 saturated carbocycles. The van der Waals surface area contributed by atoms with E-state index in [-0.39, 0.29) is 5.91 Å². The summed E-state index contributed by atoms with van der Waals surface area (Å²) in [7, 11) is 1.65. The van der Waals surface area contributed by atoms with Crippen LogP contribution >= 0.6 is 11.6 Å². The fraction of sp³-hybridized carbons (Fsp3) is 0.231. The summed E-state index contributed by atoms with van der Waals surface area (Å²) in [5, 5.41) is 3.49. The van der Waals surface area contributed by atoms with Crippen LogP contribution in [0.2, 0.25) is 5.02 Å². The Bertz CT molecular complexity index is 1220. The Morgan fingerprint density at radius 1 is 1.00 bits per heavy atom. The maximum absolute atomic E-state index is 12.5. The average Bonchev–Trinajstić information content (AvgIpc) is 3.20. The number of aromatic nitrogens is 2. The van der Waals surface area contributed by atoms with E-state index >= 15 is 0 Å². The smallest absolute Gasteiger partial charge is 0.251 e. The molecule has 0 saturated heterocycles. The van der Waals surface area contributed by atoms with Gasteiger partial charge in [-0.1, -0.05) is 29.8 Å². The second-order valence-electron chi connectivity index (χ2n) is 7.59. The van der Waals surface area contributed by atoms with Gasteiger partial charge < -0.3 is 19.4 Å². The minimum absolute atomic E-state index is 0.177. The first-order valence-corrected chi connectivity index (χ1v) is 11.3. The molecule has 0 radical (unpaired) electrons. The van der Waals surface area contributed by atoms with E-state index in [0.29, 0.717) is 23.7 Å². The Kier molecular flexibility index (Phi) is 7.47. The number of halogens is 1. The second-order valence-corrected chi connectivity index (χ2v) is 8.03. The molecule has 1 N–H and O–H groups in total. The van der Waals surface area contributed by atoms with Crippen LogP contribution in [-0.4, -0.2) is 29.2 Å². The fourth-order valence-electron chi connectivity index (χ4n) is 3.63. The van der Waals surface area contributed by atoms with Crippen LogP contribution in [0.15, 0.2) is 72.8 Å². The lowest BCUT2D eigenvalue weighted by atomic mass is 10.2. The lowest BCUT2D eigenvalue weighted by molar-refractivity contribution is 0.0949. The highest BCUT2D eigenvalue weighted by Gasteiger charge is 2.12. The van der Waals surface area contributed by atoms with Gasteiger partial charge in [-0.25, -0.2) is 4.98 Å². The first-order chi connectivity index (χ1) is 16.1. The van der Waals surface area contributed by atoms with Crippen LogP contribution in [0.4, 0.5) is 0 Å². The second kappa shape index (κ2) is 10.9. The molecule has 0 aliphatic heterocycles. The number of ether oxygens (including phenoxy) is 2. The quantitative estimate of drug-likeness (QED) is 0.316. The minimum atomic E-state index is -0.177. The Hall–Kier alpha value is -3.51. The van der Waals surface area contributed by atoms with Crippen molar-refractivity contribution in [1.82, 2.24) is 14.9 Å². The monoisotopic (exact) mass is 463 g/mol. The predicted molar refractivity (Wildman–Crippen MR) is 130 cm³/mol. The fourth-order valence-corrected chi connectivity index (χ4v) is 3.83. The van der Waals surface area contributed by atoms with E-state index in [2.05, 4.69) is 16.0 Å². The lowest BCUT2D eigenvalue weighted by Crippen LogP contribution is -2.24. The Balaban J connectivity index is 1.36. The number of imidazole rings is 1. The number of nitrogens with zero attached hydrogens (tertiary/aromatic N) is 2. The number of amides is 1. The van der Waals surface area contributed by atoms with Gasteiger partial charge in [0.1, 0.15) is 17.3 Å². The molecule has 3 aromatic carbocycles. The molecule has 0 unspecified atom stereocenters. The topological polar surface area (TPSA) is 65.4 Å². The number of aryl methyl sites for hydroxylation is 1. The number of unbranched alkanes of at least 4 members (excludes halogenated alkanes) is 1. The lowest BCUT2D eigenvalue weighted by Gasteiger charge is -2.11. The minimum Gasteiger partial charge on any atom is -0.497 e.